The van der Waals surface area contributed by atoms with Gasteiger partial charge in [0, 0.05) is 33.0 Å². The summed E-state index contributed by atoms with van der Waals surface area (Å²) in [5.74, 6) is 0.582. The molecule has 0 fully saturated rings. The van der Waals surface area contributed by atoms with E-state index in [4.69, 9.17) is 13.8 Å². The van der Waals surface area contributed by atoms with Crippen molar-refractivity contribution < 1.29 is 8.83 Å². The zero-order valence-corrected chi connectivity index (χ0v) is 28.4. The highest BCUT2D eigenvalue weighted by Gasteiger charge is 2.20. The smallest absolute Gasteiger partial charge is 0.227 e. The molecule has 12 aromatic rings. The SMILES string of the molecule is c1ccc2cc(-c3cccc4c3oc3ccc5nc(-c6ccc(-n7c8cc9ccccc9cc8c8c9ccccc9ccc87)cc6)oc5c34)ccc2c1. The molecular formula is C49H28N2O2. The minimum atomic E-state index is 0.582. The average molecular weight is 677 g/mol. The van der Waals surface area contributed by atoms with Gasteiger partial charge < -0.3 is 13.4 Å². The van der Waals surface area contributed by atoms with Gasteiger partial charge in [-0.3, -0.25) is 0 Å². The number of hydrogen-bond donors (Lipinski definition) is 0. The molecule has 0 bridgehead atoms. The third kappa shape index (κ3) is 4.15. The Morgan fingerprint density at radius 3 is 1.96 bits per heavy atom. The normalized spacial score (nSPS) is 12.2. The second-order valence-electron chi connectivity index (χ2n) is 13.9. The number of nitrogens with zero attached hydrogens (tertiary/aromatic N) is 2. The average Bonchev–Trinajstić information content (AvgIpc) is 3.91. The van der Waals surface area contributed by atoms with Crippen LogP contribution < -0.4 is 0 Å². The lowest BCUT2D eigenvalue weighted by Gasteiger charge is -2.09. The Morgan fingerprint density at radius 1 is 0.415 bits per heavy atom. The van der Waals surface area contributed by atoms with Crippen LogP contribution in [0.25, 0.3) is 115 Å². The van der Waals surface area contributed by atoms with Crippen LogP contribution in [0.15, 0.2) is 179 Å². The van der Waals surface area contributed by atoms with Gasteiger partial charge in [0.25, 0.3) is 0 Å². The first-order valence-electron chi connectivity index (χ1n) is 17.9. The summed E-state index contributed by atoms with van der Waals surface area (Å²) < 4.78 is 15.6. The van der Waals surface area contributed by atoms with Crippen LogP contribution in [-0.4, -0.2) is 9.55 Å². The summed E-state index contributed by atoms with van der Waals surface area (Å²) >= 11 is 0. The summed E-state index contributed by atoms with van der Waals surface area (Å²) in [7, 11) is 0. The summed E-state index contributed by atoms with van der Waals surface area (Å²) in [6, 6.07) is 60.3. The van der Waals surface area contributed by atoms with Crippen LogP contribution in [0.3, 0.4) is 0 Å². The second kappa shape index (κ2) is 10.7. The third-order valence-electron chi connectivity index (χ3n) is 11.0. The standard InChI is InChI=1S/C49H28N2O2/c1-2-10-32-26-35(17-16-29(32)8-1)38-14-7-15-39-46-44(52-47(38)39)25-23-41-48(46)53-49(50-41)31-18-21-36(22-19-31)51-42-24-20-30-9-5-6-13-37(30)45(42)40-27-33-11-3-4-12-34(33)28-43(40)51/h1-28H. The van der Waals surface area contributed by atoms with Crippen molar-refractivity contribution in [3.8, 4) is 28.3 Å². The van der Waals surface area contributed by atoms with E-state index in [1.807, 2.05) is 12.1 Å². The number of para-hydroxylation sites is 1. The van der Waals surface area contributed by atoms with Gasteiger partial charge in [0.15, 0.2) is 5.58 Å². The maximum atomic E-state index is 6.63. The molecule has 0 spiro atoms. The molecule has 0 aliphatic rings. The molecule has 4 nitrogen and oxygen atoms in total. The lowest BCUT2D eigenvalue weighted by atomic mass is 9.99. The maximum Gasteiger partial charge on any atom is 0.227 e. The van der Waals surface area contributed by atoms with E-state index < -0.39 is 0 Å². The Labute approximate surface area is 302 Å². The monoisotopic (exact) mass is 676 g/mol. The van der Waals surface area contributed by atoms with Crippen LogP contribution in [0.5, 0.6) is 0 Å². The molecule has 0 saturated carbocycles. The van der Waals surface area contributed by atoms with E-state index in [0.29, 0.717) is 5.89 Å². The van der Waals surface area contributed by atoms with E-state index >= 15 is 0 Å². The van der Waals surface area contributed by atoms with Crippen LogP contribution in [0, 0.1) is 0 Å². The van der Waals surface area contributed by atoms with E-state index in [2.05, 4.69) is 162 Å². The first kappa shape index (κ1) is 28.5. The van der Waals surface area contributed by atoms with Gasteiger partial charge in [-0.1, -0.05) is 109 Å². The molecular weight excluding hydrogens is 649 g/mol. The Bertz CT molecular complexity index is 3450. The van der Waals surface area contributed by atoms with Crippen molar-refractivity contribution in [2.75, 3.05) is 0 Å². The van der Waals surface area contributed by atoms with Crippen molar-refractivity contribution in [3.63, 3.8) is 0 Å². The lowest BCUT2D eigenvalue weighted by molar-refractivity contribution is 0.622. The first-order valence-corrected chi connectivity index (χ1v) is 17.9. The molecule has 246 valence electrons. The quantitative estimate of drug-likeness (QED) is 0.187. The minimum absolute atomic E-state index is 0.582. The fourth-order valence-electron chi connectivity index (χ4n) is 8.48. The van der Waals surface area contributed by atoms with Crippen LogP contribution in [0.4, 0.5) is 0 Å². The van der Waals surface area contributed by atoms with Gasteiger partial charge in [-0.25, -0.2) is 4.98 Å². The van der Waals surface area contributed by atoms with Gasteiger partial charge in [-0.05, 0) is 98.5 Å². The third-order valence-corrected chi connectivity index (χ3v) is 11.0. The van der Waals surface area contributed by atoms with Gasteiger partial charge in [0.05, 0.1) is 16.4 Å². The highest BCUT2D eigenvalue weighted by Crippen LogP contribution is 2.42. The fraction of sp³-hybridized carbons (Fsp3) is 0. The second-order valence-corrected chi connectivity index (χ2v) is 13.9. The highest BCUT2D eigenvalue weighted by molar-refractivity contribution is 6.23. The molecule has 0 aliphatic heterocycles. The number of aromatic nitrogens is 2. The van der Waals surface area contributed by atoms with Crippen molar-refractivity contribution in [3.05, 3.63) is 170 Å². The first-order chi connectivity index (χ1) is 26.2. The van der Waals surface area contributed by atoms with Crippen LogP contribution in [0.2, 0.25) is 0 Å². The largest absolute Gasteiger partial charge is 0.455 e. The molecule has 0 saturated heterocycles. The van der Waals surface area contributed by atoms with Crippen molar-refractivity contribution in [2.24, 2.45) is 0 Å². The summed E-state index contributed by atoms with van der Waals surface area (Å²) in [5.41, 5.74) is 9.70. The molecule has 3 aromatic heterocycles. The lowest BCUT2D eigenvalue weighted by Crippen LogP contribution is -1.94. The zero-order chi connectivity index (χ0) is 34.6. The summed E-state index contributed by atoms with van der Waals surface area (Å²) in [5, 5.41) is 11.9. The van der Waals surface area contributed by atoms with Gasteiger partial charge >= 0.3 is 0 Å². The Hall–Kier alpha value is -7.17. The number of furan rings is 1. The van der Waals surface area contributed by atoms with E-state index in [0.717, 1.165) is 55.4 Å². The minimum Gasteiger partial charge on any atom is -0.455 e. The van der Waals surface area contributed by atoms with Crippen LogP contribution in [0.1, 0.15) is 0 Å². The summed E-state index contributed by atoms with van der Waals surface area (Å²) in [6.45, 7) is 0. The van der Waals surface area contributed by atoms with Gasteiger partial charge in [-0.15, -0.1) is 0 Å². The van der Waals surface area contributed by atoms with Crippen molar-refractivity contribution in [2.45, 2.75) is 0 Å². The van der Waals surface area contributed by atoms with E-state index in [1.54, 1.807) is 0 Å². The van der Waals surface area contributed by atoms with Gasteiger partial charge in [0.1, 0.15) is 16.7 Å². The molecule has 0 aliphatic carbocycles. The van der Waals surface area contributed by atoms with Gasteiger partial charge in [-0.2, -0.15) is 0 Å². The predicted octanol–water partition coefficient (Wildman–Crippen LogP) is 13.6. The number of benzene rings is 9. The molecule has 12 rings (SSSR count). The molecule has 0 unspecified atom stereocenters. The summed E-state index contributed by atoms with van der Waals surface area (Å²) in [4.78, 5) is 4.98. The number of fused-ring (bicyclic) bond motifs is 12. The van der Waals surface area contributed by atoms with E-state index in [9.17, 15) is 0 Å². The van der Waals surface area contributed by atoms with Crippen LogP contribution >= 0.6 is 0 Å². The molecule has 9 aromatic carbocycles. The van der Waals surface area contributed by atoms with Crippen LogP contribution in [-0.2, 0) is 0 Å². The molecule has 0 atom stereocenters. The molecule has 53 heavy (non-hydrogen) atoms. The maximum absolute atomic E-state index is 6.63. The predicted molar refractivity (Wildman–Crippen MR) is 219 cm³/mol. The Kier molecular flexibility index (Phi) is 5.74. The number of hydrogen-bond acceptors (Lipinski definition) is 3. The topological polar surface area (TPSA) is 44.1 Å². The van der Waals surface area contributed by atoms with Gasteiger partial charge in [0.2, 0.25) is 5.89 Å². The highest BCUT2D eigenvalue weighted by atomic mass is 16.4. The molecule has 4 heteroatoms. The number of oxazole rings is 1. The molecule has 3 heterocycles. The number of rotatable bonds is 3. The molecule has 0 N–H and O–H groups in total. The Morgan fingerprint density at radius 2 is 1.11 bits per heavy atom. The Balaban J connectivity index is 0.999. The summed E-state index contributed by atoms with van der Waals surface area (Å²) in [6.07, 6.45) is 0. The van der Waals surface area contributed by atoms with Crippen molar-refractivity contribution >= 4 is 87.2 Å². The van der Waals surface area contributed by atoms with E-state index in [-0.39, 0.29) is 0 Å². The van der Waals surface area contributed by atoms with E-state index in [1.165, 1.54) is 54.1 Å². The van der Waals surface area contributed by atoms with Crippen molar-refractivity contribution in [1.82, 2.24) is 9.55 Å². The molecule has 0 amide bonds. The van der Waals surface area contributed by atoms with Crippen molar-refractivity contribution in [1.29, 1.82) is 0 Å². The zero-order valence-electron chi connectivity index (χ0n) is 28.4. The molecule has 0 radical (unpaired) electrons. The fourth-order valence-corrected chi connectivity index (χ4v) is 8.48.